The quantitative estimate of drug-likeness (QED) is 0.288. The molecule has 0 spiro atoms. The van der Waals surface area contributed by atoms with Gasteiger partial charge in [0.25, 0.3) is 5.91 Å². The van der Waals surface area contributed by atoms with Gasteiger partial charge < -0.3 is 20.7 Å². The molecule has 3 N–H and O–H groups in total. The summed E-state index contributed by atoms with van der Waals surface area (Å²) in [5.41, 5.74) is 0.672. The fourth-order valence-electron chi connectivity index (χ4n) is 3.07. The van der Waals surface area contributed by atoms with Gasteiger partial charge in [-0.15, -0.1) is 0 Å². The molecule has 1 aromatic carbocycles. The van der Waals surface area contributed by atoms with Gasteiger partial charge in [0, 0.05) is 32.2 Å². The van der Waals surface area contributed by atoms with Crippen molar-refractivity contribution in [1.82, 2.24) is 16.0 Å². The minimum atomic E-state index is -0.0628. The van der Waals surface area contributed by atoms with E-state index in [-0.39, 0.29) is 5.91 Å². The van der Waals surface area contributed by atoms with Crippen molar-refractivity contribution in [2.45, 2.75) is 44.6 Å². The Bertz CT molecular complexity index is 540. The Morgan fingerprint density at radius 2 is 1.65 bits per heavy atom. The highest BCUT2D eigenvalue weighted by molar-refractivity contribution is 5.94. The molecule has 1 amide bonds. The predicted molar refractivity (Wildman–Crippen MR) is 106 cm³/mol. The van der Waals surface area contributed by atoms with E-state index in [2.05, 4.69) is 20.9 Å². The summed E-state index contributed by atoms with van der Waals surface area (Å²) in [6, 6.07) is 9.22. The first-order chi connectivity index (χ1) is 12.8. The number of hydrogen-bond donors (Lipinski definition) is 3. The van der Waals surface area contributed by atoms with E-state index >= 15 is 0 Å². The number of carbonyl (C=O) groups is 1. The molecule has 0 unspecified atom stereocenters. The normalized spacial score (nSPS) is 16.0. The van der Waals surface area contributed by atoms with Crippen LogP contribution >= 0.6 is 0 Å². The van der Waals surface area contributed by atoms with E-state index in [0.717, 1.165) is 12.5 Å². The van der Waals surface area contributed by atoms with Crippen molar-refractivity contribution in [3.05, 3.63) is 35.9 Å². The summed E-state index contributed by atoms with van der Waals surface area (Å²) in [7, 11) is 1.74. The number of amides is 1. The summed E-state index contributed by atoms with van der Waals surface area (Å²) in [6.07, 6.45) is 8.06. The van der Waals surface area contributed by atoms with Crippen LogP contribution in [0.5, 0.6) is 0 Å². The molecule has 6 nitrogen and oxygen atoms in total. The molecule has 26 heavy (non-hydrogen) atoms. The molecule has 2 rings (SSSR count). The average Bonchev–Trinajstić information content (AvgIpc) is 2.96. The highest BCUT2D eigenvalue weighted by Gasteiger charge is 2.12. The highest BCUT2D eigenvalue weighted by Crippen LogP contribution is 2.19. The minimum absolute atomic E-state index is 0.0628. The molecule has 1 aliphatic carbocycles. The molecular formula is C20H32N4O2. The van der Waals surface area contributed by atoms with Gasteiger partial charge in [-0.25, -0.2) is 0 Å². The molecule has 144 valence electrons. The number of rotatable bonds is 8. The third-order valence-corrected chi connectivity index (χ3v) is 4.51. The summed E-state index contributed by atoms with van der Waals surface area (Å²) < 4.78 is 5.96. The lowest BCUT2D eigenvalue weighted by Crippen LogP contribution is -2.42. The van der Waals surface area contributed by atoms with Crippen LogP contribution in [0.25, 0.3) is 0 Å². The van der Waals surface area contributed by atoms with Crippen molar-refractivity contribution in [3.8, 4) is 0 Å². The molecule has 6 heteroatoms. The molecule has 0 aliphatic heterocycles. The van der Waals surface area contributed by atoms with Crippen molar-refractivity contribution >= 4 is 11.9 Å². The van der Waals surface area contributed by atoms with E-state index in [0.29, 0.717) is 31.4 Å². The van der Waals surface area contributed by atoms with E-state index < -0.39 is 0 Å². The van der Waals surface area contributed by atoms with Crippen molar-refractivity contribution in [2.75, 3.05) is 33.3 Å². The van der Waals surface area contributed by atoms with Gasteiger partial charge in [0.2, 0.25) is 0 Å². The summed E-state index contributed by atoms with van der Waals surface area (Å²) in [5, 5.41) is 9.32. The zero-order valence-electron chi connectivity index (χ0n) is 15.8. The molecule has 0 saturated heterocycles. The lowest BCUT2D eigenvalue weighted by molar-refractivity contribution is 0.0468. The largest absolute Gasteiger partial charge is 0.376 e. The van der Waals surface area contributed by atoms with Crippen molar-refractivity contribution < 1.29 is 9.53 Å². The first kappa shape index (κ1) is 20.2. The lowest BCUT2D eigenvalue weighted by atomic mass is 10.1. The van der Waals surface area contributed by atoms with Gasteiger partial charge in [0.05, 0.1) is 12.7 Å². The Kier molecular flexibility index (Phi) is 9.57. The van der Waals surface area contributed by atoms with Crippen LogP contribution in [0.15, 0.2) is 35.3 Å². The maximum absolute atomic E-state index is 11.9. The van der Waals surface area contributed by atoms with E-state index in [1.54, 1.807) is 19.2 Å². The van der Waals surface area contributed by atoms with Crippen LogP contribution in [0.4, 0.5) is 0 Å². The van der Waals surface area contributed by atoms with Crippen LogP contribution in [-0.2, 0) is 4.74 Å². The first-order valence-electron chi connectivity index (χ1n) is 9.69. The Hall–Kier alpha value is -2.08. The SMILES string of the molecule is CN=C(NCCNC(=O)c1ccccc1)NCCOC1CCCCCC1. The molecule has 0 bridgehead atoms. The maximum atomic E-state index is 11.9. The van der Waals surface area contributed by atoms with E-state index in [4.69, 9.17) is 4.74 Å². The van der Waals surface area contributed by atoms with Crippen LogP contribution in [0.3, 0.4) is 0 Å². The molecule has 0 aromatic heterocycles. The van der Waals surface area contributed by atoms with Crippen LogP contribution in [-0.4, -0.2) is 51.3 Å². The zero-order valence-corrected chi connectivity index (χ0v) is 15.8. The van der Waals surface area contributed by atoms with Crippen LogP contribution in [0.1, 0.15) is 48.9 Å². The van der Waals surface area contributed by atoms with Gasteiger partial charge in [-0.2, -0.15) is 0 Å². The zero-order chi connectivity index (χ0) is 18.5. The first-order valence-corrected chi connectivity index (χ1v) is 9.69. The van der Waals surface area contributed by atoms with Gasteiger partial charge >= 0.3 is 0 Å². The summed E-state index contributed by atoms with van der Waals surface area (Å²) >= 11 is 0. The molecule has 1 fully saturated rings. The number of ether oxygens (including phenoxy) is 1. The Morgan fingerprint density at radius 1 is 1.00 bits per heavy atom. The smallest absolute Gasteiger partial charge is 0.251 e. The molecule has 1 aliphatic rings. The maximum Gasteiger partial charge on any atom is 0.251 e. The number of nitrogens with zero attached hydrogens (tertiary/aromatic N) is 1. The third kappa shape index (κ3) is 7.87. The average molecular weight is 361 g/mol. The van der Waals surface area contributed by atoms with E-state index in [1.165, 1.54) is 38.5 Å². The highest BCUT2D eigenvalue weighted by atomic mass is 16.5. The van der Waals surface area contributed by atoms with Crippen LogP contribution < -0.4 is 16.0 Å². The van der Waals surface area contributed by atoms with Crippen molar-refractivity contribution in [2.24, 2.45) is 4.99 Å². The molecular weight excluding hydrogens is 328 g/mol. The van der Waals surface area contributed by atoms with Crippen molar-refractivity contribution in [1.29, 1.82) is 0 Å². The summed E-state index contributed by atoms with van der Waals surface area (Å²) in [4.78, 5) is 16.1. The Morgan fingerprint density at radius 3 is 2.35 bits per heavy atom. The number of aliphatic imine (C=N–C) groups is 1. The van der Waals surface area contributed by atoms with Gasteiger partial charge in [0.1, 0.15) is 0 Å². The van der Waals surface area contributed by atoms with Crippen LogP contribution in [0.2, 0.25) is 0 Å². The minimum Gasteiger partial charge on any atom is -0.376 e. The number of hydrogen-bond acceptors (Lipinski definition) is 3. The predicted octanol–water partition coefficient (Wildman–Crippen LogP) is 2.32. The second-order valence-corrected chi connectivity index (χ2v) is 6.53. The Balaban J connectivity index is 1.54. The molecule has 0 atom stereocenters. The number of nitrogens with one attached hydrogen (secondary N) is 3. The lowest BCUT2D eigenvalue weighted by Gasteiger charge is -2.17. The van der Waals surface area contributed by atoms with Crippen molar-refractivity contribution in [3.63, 3.8) is 0 Å². The van der Waals surface area contributed by atoms with Gasteiger partial charge in [-0.1, -0.05) is 43.9 Å². The fraction of sp³-hybridized carbons (Fsp3) is 0.600. The van der Waals surface area contributed by atoms with Crippen LogP contribution in [0, 0.1) is 0 Å². The topological polar surface area (TPSA) is 74.8 Å². The third-order valence-electron chi connectivity index (χ3n) is 4.51. The molecule has 0 heterocycles. The van der Waals surface area contributed by atoms with Gasteiger partial charge in [0.15, 0.2) is 5.96 Å². The van der Waals surface area contributed by atoms with E-state index in [1.807, 2.05) is 18.2 Å². The molecule has 0 radical (unpaired) electrons. The molecule has 1 saturated carbocycles. The second-order valence-electron chi connectivity index (χ2n) is 6.53. The van der Waals surface area contributed by atoms with E-state index in [9.17, 15) is 4.79 Å². The summed E-state index contributed by atoms with van der Waals surface area (Å²) in [6.45, 7) is 2.57. The molecule has 1 aromatic rings. The van der Waals surface area contributed by atoms with Gasteiger partial charge in [-0.3, -0.25) is 9.79 Å². The Labute approximate surface area is 156 Å². The number of carbonyl (C=O) groups excluding carboxylic acids is 1. The number of benzene rings is 1. The standard InChI is InChI=1S/C20H32N4O2/c1-21-20(24-15-16-26-18-11-7-2-3-8-12-18)23-14-13-22-19(25)17-9-5-4-6-10-17/h4-6,9-10,18H,2-3,7-8,11-16H2,1H3,(H,22,25)(H2,21,23,24). The fourth-order valence-corrected chi connectivity index (χ4v) is 3.07. The number of guanidine groups is 1. The monoisotopic (exact) mass is 360 g/mol. The second kappa shape index (κ2) is 12.3. The summed E-state index contributed by atoms with van der Waals surface area (Å²) in [5.74, 6) is 0.663. The van der Waals surface area contributed by atoms with Gasteiger partial charge in [-0.05, 0) is 25.0 Å².